The summed E-state index contributed by atoms with van der Waals surface area (Å²) < 4.78 is 24.8. The molecular weight excluding hydrogens is 344 g/mol. The van der Waals surface area contributed by atoms with Crippen molar-refractivity contribution in [3.05, 3.63) is 0 Å². The Morgan fingerprint density at radius 3 is 1.48 bits per heavy atom. The van der Waals surface area contributed by atoms with Crippen LogP contribution >= 0.6 is 0 Å². The van der Waals surface area contributed by atoms with E-state index >= 15 is 0 Å². The van der Waals surface area contributed by atoms with Gasteiger partial charge in [-0.25, -0.2) is 4.79 Å². The van der Waals surface area contributed by atoms with Crippen molar-refractivity contribution in [2.24, 2.45) is 0 Å². The Morgan fingerprint density at radius 1 is 0.680 bits per heavy atom. The highest BCUT2D eigenvalue weighted by molar-refractivity contribution is 5.75. The van der Waals surface area contributed by atoms with Crippen molar-refractivity contribution in [2.45, 2.75) is 58.4 Å². The quantitative estimate of drug-likeness (QED) is 0.481. The first-order valence-corrected chi connectivity index (χ1v) is 7.10. The van der Waals surface area contributed by atoms with Crippen molar-refractivity contribution < 1.29 is 52.8 Å². The number of carbonyl (C=O) groups excluding carboxylic acids is 4. The van der Waals surface area contributed by atoms with Crippen LogP contribution in [0.15, 0.2) is 0 Å². The molecule has 1 rings (SSSR count). The molecule has 0 spiro atoms. The van der Waals surface area contributed by atoms with Gasteiger partial charge < -0.3 is 28.8 Å². The van der Waals surface area contributed by atoms with Crippen LogP contribution in [0.1, 0.15) is 27.7 Å². The van der Waals surface area contributed by atoms with Gasteiger partial charge in [0.25, 0.3) is 0 Å². The molecule has 11 nitrogen and oxygen atoms in total. The predicted molar refractivity (Wildman–Crippen MR) is 74.7 cm³/mol. The Kier molecular flexibility index (Phi) is 6.86. The molecule has 25 heavy (non-hydrogen) atoms. The highest BCUT2D eigenvalue weighted by Crippen LogP contribution is 2.29. The summed E-state index contributed by atoms with van der Waals surface area (Å²) in [7, 11) is 0. The van der Waals surface area contributed by atoms with E-state index in [-0.39, 0.29) is 0 Å². The van der Waals surface area contributed by atoms with Crippen molar-refractivity contribution >= 4 is 29.8 Å². The van der Waals surface area contributed by atoms with Crippen molar-refractivity contribution in [1.82, 2.24) is 0 Å². The molecule has 0 aromatic rings. The van der Waals surface area contributed by atoms with Crippen molar-refractivity contribution in [1.29, 1.82) is 0 Å². The van der Waals surface area contributed by atoms with Gasteiger partial charge in [-0.15, -0.1) is 0 Å². The molecule has 0 radical (unpaired) electrons. The van der Waals surface area contributed by atoms with Crippen LogP contribution in [0, 0.1) is 0 Å². The molecule has 5 atom stereocenters. The van der Waals surface area contributed by atoms with Gasteiger partial charge in [0, 0.05) is 27.7 Å². The van der Waals surface area contributed by atoms with E-state index in [1.54, 1.807) is 0 Å². The summed E-state index contributed by atoms with van der Waals surface area (Å²) in [6.45, 7) is 4.06. The highest BCUT2D eigenvalue weighted by atomic mass is 16.7. The third-order valence-electron chi connectivity index (χ3n) is 2.93. The van der Waals surface area contributed by atoms with Crippen LogP contribution in [-0.4, -0.2) is 65.7 Å². The molecule has 1 fully saturated rings. The van der Waals surface area contributed by atoms with E-state index in [2.05, 4.69) is 0 Å². The number of esters is 4. The van der Waals surface area contributed by atoms with Crippen molar-refractivity contribution in [2.75, 3.05) is 0 Å². The first kappa shape index (κ1) is 20.4. The number of hydrogen-bond acceptors (Lipinski definition) is 10. The van der Waals surface area contributed by atoms with Crippen LogP contribution < -0.4 is 0 Å². The maximum atomic E-state index is 11.4. The standard InChI is InChI=1S/C14H18O11/c1-5(15)21-9-10(22-6(2)16)12(23-7(3)17)14(24-8(4)18)25-11(9)13(19)20/h9-12,14H,1-4H3,(H,19,20)/t9-,10-,11-,12+,14+/m1/s1. The van der Waals surface area contributed by atoms with Gasteiger partial charge in [-0.3, -0.25) is 19.2 Å². The molecule has 1 saturated heterocycles. The van der Waals surface area contributed by atoms with Crippen LogP contribution in [-0.2, 0) is 47.7 Å². The maximum absolute atomic E-state index is 11.4. The number of hydrogen-bond donors (Lipinski definition) is 1. The van der Waals surface area contributed by atoms with E-state index in [9.17, 15) is 29.1 Å². The number of carboxylic acids is 1. The summed E-state index contributed by atoms with van der Waals surface area (Å²) >= 11 is 0. The summed E-state index contributed by atoms with van der Waals surface area (Å²) in [6.07, 6.45) is -8.24. The lowest BCUT2D eigenvalue weighted by atomic mass is 9.98. The summed E-state index contributed by atoms with van der Waals surface area (Å²) in [5, 5.41) is 9.29. The third kappa shape index (κ3) is 5.71. The molecule has 0 bridgehead atoms. The Hall–Kier alpha value is -2.69. The van der Waals surface area contributed by atoms with Crippen LogP contribution in [0.4, 0.5) is 0 Å². The van der Waals surface area contributed by atoms with Gasteiger partial charge in [-0.05, 0) is 0 Å². The SMILES string of the molecule is CC(=O)O[C@H]1O[C@@H](C(=O)O)[C@H](OC(C)=O)[C@@H](OC(C)=O)[C@@H]1OC(C)=O. The summed E-state index contributed by atoms with van der Waals surface area (Å²) in [6, 6.07) is 0. The minimum Gasteiger partial charge on any atom is -0.479 e. The Balaban J connectivity index is 3.33. The van der Waals surface area contributed by atoms with E-state index in [1.807, 2.05) is 0 Å². The summed E-state index contributed by atoms with van der Waals surface area (Å²) in [4.78, 5) is 56.7. The fourth-order valence-electron chi connectivity index (χ4n) is 2.23. The Labute approximate surface area is 142 Å². The molecule has 0 unspecified atom stereocenters. The molecule has 0 aromatic carbocycles. The van der Waals surface area contributed by atoms with Gasteiger partial charge >= 0.3 is 29.8 Å². The summed E-state index contributed by atoms with van der Waals surface area (Å²) in [5.41, 5.74) is 0. The predicted octanol–water partition coefficient (Wildman–Crippen LogP) is -0.846. The number of rotatable bonds is 5. The van der Waals surface area contributed by atoms with E-state index in [0.717, 1.165) is 27.7 Å². The second-order valence-electron chi connectivity index (χ2n) is 5.09. The Morgan fingerprint density at radius 2 is 1.08 bits per heavy atom. The largest absolute Gasteiger partial charge is 0.479 e. The lowest BCUT2D eigenvalue weighted by molar-refractivity contribution is -0.293. The van der Waals surface area contributed by atoms with Gasteiger partial charge in [-0.2, -0.15) is 0 Å². The maximum Gasteiger partial charge on any atom is 0.337 e. The topological polar surface area (TPSA) is 152 Å². The zero-order chi connectivity index (χ0) is 19.3. The monoisotopic (exact) mass is 362 g/mol. The molecule has 11 heteroatoms. The molecule has 0 amide bonds. The van der Waals surface area contributed by atoms with E-state index in [1.165, 1.54) is 0 Å². The third-order valence-corrected chi connectivity index (χ3v) is 2.93. The second-order valence-corrected chi connectivity index (χ2v) is 5.09. The molecule has 1 aliphatic rings. The van der Waals surface area contributed by atoms with Gasteiger partial charge in [0.15, 0.2) is 18.3 Å². The average Bonchev–Trinajstić information content (AvgIpc) is 2.42. The van der Waals surface area contributed by atoms with Gasteiger partial charge in [0.2, 0.25) is 12.4 Å². The average molecular weight is 362 g/mol. The highest BCUT2D eigenvalue weighted by Gasteiger charge is 2.55. The zero-order valence-electron chi connectivity index (χ0n) is 13.9. The first-order chi connectivity index (χ1) is 11.5. The summed E-state index contributed by atoms with van der Waals surface area (Å²) in [5.74, 6) is -5.03. The van der Waals surface area contributed by atoms with Crippen LogP contribution in [0.2, 0.25) is 0 Å². The van der Waals surface area contributed by atoms with Crippen LogP contribution in [0.3, 0.4) is 0 Å². The molecular formula is C14H18O11. The minimum atomic E-state index is -1.83. The number of carbonyl (C=O) groups is 5. The molecule has 0 aromatic heterocycles. The fourth-order valence-corrected chi connectivity index (χ4v) is 2.23. The number of carboxylic acid groups (broad SMARTS) is 1. The molecule has 140 valence electrons. The zero-order valence-corrected chi connectivity index (χ0v) is 13.9. The number of aliphatic carboxylic acids is 1. The van der Waals surface area contributed by atoms with Gasteiger partial charge in [0.1, 0.15) is 0 Å². The van der Waals surface area contributed by atoms with Gasteiger partial charge in [-0.1, -0.05) is 0 Å². The van der Waals surface area contributed by atoms with Crippen molar-refractivity contribution in [3.63, 3.8) is 0 Å². The fraction of sp³-hybridized carbons (Fsp3) is 0.643. The van der Waals surface area contributed by atoms with Crippen LogP contribution in [0.25, 0.3) is 0 Å². The van der Waals surface area contributed by atoms with Crippen molar-refractivity contribution in [3.8, 4) is 0 Å². The number of ether oxygens (including phenoxy) is 5. The molecule has 0 aliphatic carbocycles. The second kappa shape index (κ2) is 8.42. The molecule has 1 heterocycles. The Bertz CT molecular complexity index is 569. The lowest BCUT2D eigenvalue weighted by Crippen LogP contribution is -2.63. The van der Waals surface area contributed by atoms with Gasteiger partial charge in [0.05, 0.1) is 0 Å². The lowest BCUT2D eigenvalue weighted by Gasteiger charge is -2.42. The van der Waals surface area contributed by atoms with E-state index < -0.39 is 60.6 Å². The minimum absolute atomic E-state index is 0.849. The van der Waals surface area contributed by atoms with E-state index in [0.29, 0.717) is 0 Å². The molecule has 0 saturated carbocycles. The first-order valence-electron chi connectivity index (χ1n) is 7.10. The molecule has 1 aliphatic heterocycles. The van der Waals surface area contributed by atoms with E-state index in [4.69, 9.17) is 23.7 Å². The normalized spacial score (nSPS) is 28.4. The smallest absolute Gasteiger partial charge is 0.337 e. The molecule has 1 N–H and O–H groups in total. The van der Waals surface area contributed by atoms with Crippen LogP contribution in [0.5, 0.6) is 0 Å².